The standard InChI is InChI=1S/C21H18Cl2F4N2O/c22-16-6-13(7-17(23)18(16)24)19(21(25,26)27)3-4-29(11-19)14-1-2-15-12(5-14)8-30-20(15)9-28-10-20/h1-2,5-7,28H,3-4,8-11H2. The Morgan fingerprint density at radius 1 is 1.07 bits per heavy atom. The van der Waals surface area contributed by atoms with E-state index in [0.717, 1.165) is 36.3 Å². The van der Waals surface area contributed by atoms with E-state index in [2.05, 4.69) is 5.32 Å². The molecular formula is C21H18Cl2F4N2O. The van der Waals surface area contributed by atoms with E-state index >= 15 is 0 Å². The van der Waals surface area contributed by atoms with E-state index in [0.29, 0.717) is 12.3 Å². The summed E-state index contributed by atoms with van der Waals surface area (Å²) in [5.41, 5.74) is 0.235. The number of halogens is 6. The molecule has 0 bridgehead atoms. The van der Waals surface area contributed by atoms with Crippen LogP contribution in [0, 0.1) is 5.82 Å². The second kappa shape index (κ2) is 6.73. The lowest BCUT2D eigenvalue weighted by Gasteiger charge is -2.39. The third-order valence-electron chi connectivity index (χ3n) is 6.62. The Bertz CT molecular complexity index is 1000. The van der Waals surface area contributed by atoms with Crippen molar-refractivity contribution in [2.45, 2.75) is 30.2 Å². The van der Waals surface area contributed by atoms with Crippen LogP contribution >= 0.6 is 23.2 Å². The van der Waals surface area contributed by atoms with Crippen LogP contribution in [0.5, 0.6) is 0 Å². The van der Waals surface area contributed by atoms with Crippen molar-refractivity contribution in [3.63, 3.8) is 0 Å². The van der Waals surface area contributed by atoms with Crippen molar-refractivity contribution < 1.29 is 22.3 Å². The summed E-state index contributed by atoms with van der Waals surface area (Å²) in [5, 5.41) is 2.39. The van der Waals surface area contributed by atoms with Crippen LogP contribution in [-0.4, -0.2) is 32.4 Å². The van der Waals surface area contributed by atoms with Gasteiger partial charge >= 0.3 is 6.18 Å². The van der Waals surface area contributed by atoms with Crippen molar-refractivity contribution in [2.75, 3.05) is 31.1 Å². The van der Waals surface area contributed by atoms with Crippen molar-refractivity contribution in [1.29, 1.82) is 0 Å². The maximum absolute atomic E-state index is 14.3. The van der Waals surface area contributed by atoms with Gasteiger partial charge in [0.05, 0.1) is 16.7 Å². The van der Waals surface area contributed by atoms with Crippen molar-refractivity contribution in [3.8, 4) is 0 Å². The fourth-order valence-electron chi connectivity index (χ4n) is 4.77. The lowest BCUT2D eigenvalue weighted by molar-refractivity contribution is -0.184. The molecule has 9 heteroatoms. The quantitative estimate of drug-likeness (QED) is 0.494. The summed E-state index contributed by atoms with van der Waals surface area (Å²) in [7, 11) is 0. The van der Waals surface area contributed by atoms with E-state index in [1.807, 2.05) is 18.2 Å². The highest BCUT2D eigenvalue weighted by molar-refractivity contribution is 6.35. The van der Waals surface area contributed by atoms with Crippen LogP contribution in [0.15, 0.2) is 30.3 Å². The molecule has 3 heterocycles. The predicted octanol–water partition coefficient (Wildman–Crippen LogP) is 5.17. The van der Waals surface area contributed by atoms with Crippen LogP contribution in [0.1, 0.15) is 23.1 Å². The maximum atomic E-state index is 14.3. The summed E-state index contributed by atoms with van der Waals surface area (Å²) < 4.78 is 62.6. The molecule has 2 aromatic rings. The first-order valence-corrected chi connectivity index (χ1v) is 10.4. The molecule has 0 amide bonds. The summed E-state index contributed by atoms with van der Waals surface area (Å²) in [4.78, 5) is 1.71. The van der Waals surface area contributed by atoms with E-state index in [9.17, 15) is 17.6 Å². The summed E-state index contributed by atoms with van der Waals surface area (Å²) in [6, 6.07) is 7.81. The summed E-state index contributed by atoms with van der Waals surface area (Å²) in [5.74, 6) is -0.910. The van der Waals surface area contributed by atoms with Gasteiger partial charge in [-0.1, -0.05) is 29.3 Å². The van der Waals surface area contributed by atoms with Gasteiger partial charge in [0.2, 0.25) is 0 Å². The number of hydrogen-bond acceptors (Lipinski definition) is 3. The third-order valence-corrected chi connectivity index (χ3v) is 7.17. The molecule has 3 aliphatic heterocycles. The predicted molar refractivity (Wildman–Crippen MR) is 107 cm³/mol. The topological polar surface area (TPSA) is 24.5 Å². The number of fused-ring (bicyclic) bond motifs is 2. The molecule has 2 aromatic carbocycles. The van der Waals surface area contributed by atoms with Crippen LogP contribution < -0.4 is 10.2 Å². The van der Waals surface area contributed by atoms with Gasteiger partial charge in [0.1, 0.15) is 11.0 Å². The molecule has 0 aliphatic carbocycles. The number of ether oxygens (including phenoxy) is 1. The van der Waals surface area contributed by atoms with Gasteiger partial charge in [-0.15, -0.1) is 0 Å². The minimum atomic E-state index is -4.55. The highest BCUT2D eigenvalue weighted by atomic mass is 35.5. The maximum Gasteiger partial charge on any atom is 0.400 e. The fraction of sp³-hybridized carbons (Fsp3) is 0.429. The SMILES string of the molecule is Fc1c(Cl)cc(C2(C(F)(F)F)CCN(c3ccc4c(c3)COC43CNC3)C2)cc1Cl. The van der Waals surface area contributed by atoms with E-state index in [1.54, 1.807) is 4.90 Å². The largest absolute Gasteiger partial charge is 0.400 e. The molecule has 1 unspecified atom stereocenters. The minimum absolute atomic E-state index is 0.113. The highest BCUT2D eigenvalue weighted by Gasteiger charge is 2.59. The van der Waals surface area contributed by atoms with E-state index in [-0.39, 0.29) is 30.7 Å². The first-order valence-electron chi connectivity index (χ1n) is 9.60. The first-order chi connectivity index (χ1) is 14.2. The molecular weight excluding hydrogens is 443 g/mol. The van der Waals surface area contributed by atoms with Gasteiger partial charge in [-0.05, 0) is 47.4 Å². The van der Waals surface area contributed by atoms with Gasteiger partial charge in [-0.3, -0.25) is 0 Å². The molecule has 2 saturated heterocycles. The van der Waals surface area contributed by atoms with Crippen LogP contribution in [0.4, 0.5) is 23.2 Å². The smallest absolute Gasteiger partial charge is 0.370 e. The number of benzene rings is 2. The molecule has 3 nitrogen and oxygen atoms in total. The Morgan fingerprint density at radius 3 is 2.37 bits per heavy atom. The zero-order chi connectivity index (χ0) is 21.3. The Kier molecular flexibility index (Phi) is 4.57. The Balaban J connectivity index is 1.49. The average molecular weight is 461 g/mol. The van der Waals surface area contributed by atoms with Gasteiger partial charge < -0.3 is 15.0 Å². The molecule has 5 rings (SSSR count). The second-order valence-corrected chi connectivity index (χ2v) is 9.05. The van der Waals surface area contributed by atoms with Gasteiger partial charge in [0.25, 0.3) is 0 Å². The Morgan fingerprint density at radius 2 is 1.77 bits per heavy atom. The molecule has 0 aromatic heterocycles. The molecule has 2 fully saturated rings. The third kappa shape index (κ3) is 2.86. The Hall–Kier alpha value is -1.54. The summed E-state index contributed by atoms with van der Waals surface area (Å²) in [6.45, 7) is 1.85. The minimum Gasteiger partial charge on any atom is -0.370 e. The van der Waals surface area contributed by atoms with Crippen LogP contribution in [0.2, 0.25) is 10.0 Å². The fourth-order valence-corrected chi connectivity index (χ4v) is 5.26. The molecule has 30 heavy (non-hydrogen) atoms. The summed E-state index contributed by atoms with van der Waals surface area (Å²) >= 11 is 11.6. The first kappa shape index (κ1) is 20.4. The number of hydrogen-bond donors (Lipinski definition) is 1. The monoisotopic (exact) mass is 460 g/mol. The zero-order valence-corrected chi connectivity index (χ0v) is 17.3. The van der Waals surface area contributed by atoms with Gasteiger partial charge in [-0.2, -0.15) is 13.2 Å². The van der Waals surface area contributed by atoms with E-state index < -0.39 is 27.5 Å². The van der Waals surface area contributed by atoms with Crippen molar-refractivity contribution in [1.82, 2.24) is 5.32 Å². The number of alkyl halides is 3. The molecule has 3 aliphatic rings. The van der Waals surface area contributed by atoms with Crippen LogP contribution in [0.3, 0.4) is 0 Å². The summed E-state index contributed by atoms with van der Waals surface area (Å²) in [6.07, 6.45) is -4.72. The molecule has 0 radical (unpaired) electrons. The van der Waals surface area contributed by atoms with Crippen molar-refractivity contribution >= 4 is 28.9 Å². The Labute approximate surface area is 180 Å². The number of nitrogens with one attached hydrogen (secondary N) is 1. The molecule has 1 spiro atoms. The van der Waals surface area contributed by atoms with Crippen LogP contribution in [0.25, 0.3) is 0 Å². The van der Waals surface area contributed by atoms with Gasteiger partial charge in [0.15, 0.2) is 5.82 Å². The normalized spacial score (nSPS) is 24.9. The van der Waals surface area contributed by atoms with E-state index in [1.165, 1.54) is 0 Å². The van der Waals surface area contributed by atoms with Gasteiger partial charge in [-0.25, -0.2) is 4.39 Å². The zero-order valence-electron chi connectivity index (χ0n) is 15.8. The highest BCUT2D eigenvalue weighted by Crippen LogP contribution is 2.50. The average Bonchev–Trinajstić information content (AvgIpc) is 3.27. The molecule has 1 N–H and O–H groups in total. The van der Waals surface area contributed by atoms with Crippen LogP contribution in [-0.2, 0) is 22.4 Å². The van der Waals surface area contributed by atoms with Crippen molar-refractivity contribution in [3.05, 3.63) is 62.9 Å². The molecule has 160 valence electrons. The van der Waals surface area contributed by atoms with Gasteiger partial charge in [0, 0.05) is 31.9 Å². The molecule has 1 atom stereocenters. The second-order valence-electron chi connectivity index (χ2n) is 8.23. The number of anilines is 1. The van der Waals surface area contributed by atoms with E-state index in [4.69, 9.17) is 27.9 Å². The lowest BCUT2D eigenvalue weighted by Crippen LogP contribution is -2.56. The van der Waals surface area contributed by atoms with Crippen molar-refractivity contribution in [2.24, 2.45) is 0 Å². The number of rotatable bonds is 2. The number of nitrogens with zero attached hydrogens (tertiary/aromatic N) is 1. The molecule has 0 saturated carbocycles. The lowest BCUT2D eigenvalue weighted by atomic mass is 9.79.